The van der Waals surface area contributed by atoms with Gasteiger partial charge in [0.05, 0.1) is 12.0 Å². The summed E-state index contributed by atoms with van der Waals surface area (Å²) >= 11 is 0. The summed E-state index contributed by atoms with van der Waals surface area (Å²) in [6, 6.07) is 2.76. The van der Waals surface area contributed by atoms with Gasteiger partial charge in [0.1, 0.15) is 0 Å². The van der Waals surface area contributed by atoms with Crippen molar-refractivity contribution >= 4 is 0 Å². The summed E-state index contributed by atoms with van der Waals surface area (Å²) in [5.74, 6) is -1.12. The quantitative estimate of drug-likeness (QED) is 0.700. The summed E-state index contributed by atoms with van der Waals surface area (Å²) in [4.78, 5) is 2.27. The molecule has 0 radical (unpaired) electrons. The van der Waals surface area contributed by atoms with Crippen LogP contribution in [0, 0.1) is 28.1 Å². The minimum Gasteiger partial charge on any atom is -0.300 e. The van der Waals surface area contributed by atoms with Gasteiger partial charge in [0.2, 0.25) is 0 Å². The first-order chi connectivity index (χ1) is 10.6. The average molecular weight is 330 g/mol. The fourth-order valence-corrected chi connectivity index (χ4v) is 4.46. The summed E-state index contributed by atoms with van der Waals surface area (Å²) in [6.07, 6.45) is 1.06. The van der Waals surface area contributed by atoms with Crippen molar-refractivity contribution in [2.45, 2.75) is 77.9 Å². The molecule has 1 aliphatic carbocycles. The molecule has 1 saturated heterocycles. The molecule has 2 fully saturated rings. The Labute approximate surface area is 138 Å². The number of piperidine rings is 1. The van der Waals surface area contributed by atoms with E-state index in [0.717, 1.165) is 25.7 Å². The third-order valence-corrected chi connectivity index (χ3v) is 6.43. The van der Waals surface area contributed by atoms with E-state index in [1.54, 1.807) is 0 Å². The largest absolute Gasteiger partial charge is 0.391 e. The van der Waals surface area contributed by atoms with Gasteiger partial charge in [-0.3, -0.25) is 0 Å². The standard InChI is InChI=1S/C18H29F3N2/c1-16(2,3)17(10-11-22)8-4-15(5-9-17)23-12-6-14(7-13-23)18(19,20)21/h14-15H,4-10,12-13H2,1-3H3/t15-,17-. The number of hydrogen-bond acceptors (Lipinski definition) is 2. The van der Waals surface area contributed by atoms with Crippen molar-refractivity contribution in [3.63, 3.8) is 0 Å². The van der Waals surface area contributed by atoms with Crippen molar-refractivity contribution < 1.29 is 13.2 Å². The lowest BCUT2D eigenvalue weighted by atomic mass is 9.57. The molecule has 0 aromatic carbocycles. The molecular weight excluding hydrogens is 301 g/mol. The van der Waals surface area contributed by atoms with E-state index in [4.69, 9.17) is 0 Å². The summed E-state index contributed by atoms with van der Waals surface area (Å²) < 4.78 is 38.3. The number of nitriles is 1. The molecule has 23 heavy (non-hydrogen) atoms. The highest BCUT2D eigenvalue weighted by Crippen LogP contribution is 2.52. The number of halogens is 3. The van der Waals surface area contributed by atoms with Gasteiger partial charge in [0.25, 0.3) is 0 Å². The number of nitrogens with zero attached hydrogens (tertiary/aromatic N) is 2. The van der Waals surface area contributed by atoms with Gasteiger partial charge in [-0.25, -0.2) is 0 Å². The van der Waals surface area contributed by atoms with Crippen LogP contribution in [0.5, 0.6) is 0 Å². The number of alkyl halides is 3. The van der Waals surface area contributed by atoms with Gasteiger partial charge < -0.3 is 4.90 Å². The molecule has 1 heterocycles. The zero-order valence-corrected chi connectivity index (χ0v) is 14.5. The smallest absolute Gasteiger partial charge is 0.300 e. The number of hydrogen-bond donors (Lipinski definition) is 0. The van der Waals surface area contributed by atoms with Crippen LogP contribution in [0.1, 0.15) is 65.7 Å². The second-order valence-electron chi connectivity index (χ2n) is 8.45. The molecule has 0 N–H and O–H groups in total. The summed E-state index contributed by atoms with van der Waals surface area (Å²) in [7, 11) is 0. The molecule has 2 aliphatic rings. The van der Waals surface area contributed by atoms with E-state index in [1.165, 1.54) is 0 Å². The van der Waals surface area contributed by atoms with Crippen molar-refractivity contribution in [1.82, 2.24) is 4.90 Å². The molecule has 5 heteroatoms. The molecule has 132 valence electrons. The van der Waals surface area contributed by atoms with Crippen LogP contribution in [0.2, 0.25) is 0 Å². The van der Waals surface area contributed by atoms with Crippen molar-refractivity contribution in [2.24, 2.45) is 16.7 Å². The molecule has 2 rings (SSSR count). The molecule has 0 amide bonds. The molecule has 0 bridgehead atoms. The normalized spacial score (nSPS) is 31.8. The molecule has 0 spiro atoms. The Hall–Kier alpha value is -0.760. The van der Waals surface area contributed by atoms with E-state index in [9.17, 15) is 18.4 Å². The first-order valence-electron chi connectivity index (χ1n) is 8.77. The Morgan fingerprint density at radius 2 is 1.57 bits per heavy atom. The lowest BCUT2D eigenvalue weighted by molar-refractivity contribution is -0.186. The van der Waals surface area contributed by atoms with Gasteiger partial charge in [-0.1, -0.05) is 20.8 Å². The highest BCUT2D eigenvalue weighted by molar-refractivity contribution is 5.00. The van der Waals surface area contributed by atoms with Crippen molar-refractivity contribution in [1.29, 1.82) is 5.26 Å². The molecule has 1 saturated carbocycles. The van der Waals surface area contributed by atoms with Gasteiger partial charge in [-0.2, -0.15) is 18.4 Å². The third kappa shape index (κ3) is 4.02. The number of likely N-dealkylation sites (tertiary alicyclic amines) is 1. The van der Waals surface area contributed by atoms with Crippen LogP contribution < -0.4 is 0 Å². The minimum atomic E-state index is -4.03. The Balaban J connectivity index is 1.91. The maximum atomic E-state index is 12.8. The Kier molecular flexibility index (Phi) is 5.35. The summed E-state index contributed by atoms with van der Waals surface area (Å²) in [6.45, 7) is 7.75. The number of rotatable bonds is 2. The third-order valence-electron chi connectivity index (χ3n) is 6.43. The van der Waals surface area contributed by atoms with E-state index in [0.29, 0.717) is 25.6 Å². The fraction of sp³-hybridized carbons (Fsp3) is 0.944. The van der Waals surface area contributed by atoms with Gasteiger partial charge in [-0.05, 0) is 62.4 Å². The molecule has 0 atom stereocenters. The van der Waals surface area contributed by atoms with Gasteiger partial charge in [0.15, 0.2) is 0 Å². The predicted molar refractivity (Wildman–Crippen MR) is 84.7 cm³/mol. The summed E-state index contributed by atoms with van der Waals surface area (Å²) in [5.41, 5.74) is 0.152. The van der Waals surface area contributed by atoms with Crippen LogP contribution >= 0.6 is 0 Å². The van der Waals surface area contributed by atoms with Crippen LogP contribution in [0.3, 0.4) is 0 Å². The second-order valence-corrected chi connectivity index (χ2v) is 8.45. The molecule has 1 aliphatic heterocycles. The van der Waals surface area contributed by atoms with Crippen molar-refractivity contribution in [3.8, 4) is 6.07 Å². The van der Waals surface area contributed by atoms with Crippen LogP contribution in [0.15, 0.2) is 0 Å². The van der Waals surface area contributed by atoms with E-state index >= 15 is 0 Å². The Bertz CT molecular complexity index is 429. The van der Waals surface area contributed by atoms with Gasteiger partial charge in [-0.15, -0.1) is 0 Å². The Morgan fingerprint density at radius 3 is 1.96 bits per heavy atom. The van der Waals surface area contributed by atoms with E-state index < -0.39 is 12.1 Å². The van der Waals surface area contributed by atoms with Crippen LogP contribution in [-0.2, 0) is 0 Å². The van der Waals surface area contributed by atoms with E-state index in [2.05, 4.69) is 31.7 Å². The second kappa shape index (κ2) is 6.63. The van der Waals surface area contributed by atoms with Crippen LogP contribution in [0.4, 0.5) is 13.2 Å². The lowest BCUT2D eigenvalue weighted by Gasteiger charge is -2.50. The molecule has 2 nitrogen and oxygen atoms in total. The van der Waals surface area contributed by atoms with Gasteiger partial charge in [0, 0.05) is 12.5 Å². The molecular formula is C18H29F3N2. The zero-order valence-electron chi connectivity index (χ0n) is 14.5. The van der Waals surface area contributed by atoms with Crippen molar-refractivity contribution in [2.75, 3.05) is 13.1 Å². The van der Waals surface area contributed by atoms with E-state index in [1.807, 2.05) is 0 Å². The van der Waals surface area contributed by atoms with Crippen LogP contribution in [-0.4, -0.2) is 30.2 Å². The highest BCUT2D eigenvalue weighted by Gasteiger charge is 2.46. The SMILES string of the molecule is CC(C)(C)[C@]1(CC#N)CC[C@@H](N2CCC(C(F)(F)F)CC2)CC1. The predicted octanol–water partition coefficient (Wildman–Crippen LogP) is 5.15. The van der Waals surface area contributed by atoms with Crippen molar-refractivity contribution in [3.05, 3.63) is 0 Å². The molecule has 0 aromatic rings. The molecule has 0 unspecified atom stereocenters. The minimum absolute atomic E-state index is 0.0581. The topological polar surface area (TPSA) is 27.0 Å². The first kappa shape index (κ1) is 18.6. The highest BCUT2D eigenvalue weighted by atomic mass is 19.4. The maximum absolute atomic E-state index is 12.8. The average Bonchev–Trinajstić information content (AvgIpc) is 2.46. The Morgan fingerprint density at radius 1 is 1.04 bits per heavy atom. The monoisotopic (exact) mass is 330 g/mol. The first-order valence-corrected chi connectivity index (χ1v) is 8.77. The van der Waals surface area contributed by atoms with Gasteiger partial charge >= 0.3 is 6.18 Å². The molecule has 0 aromatic heterocycles. The lowest BCUT2D eigenvalue weighted by Crippen LogP contribution is -2.48. The zero-order chi connectivity index (χ0) is 17.3. The van der Waals surface area contributed by atoms with E-state index in [-0.39, 0.29) is 23.7 Å². The van der Waals surface area contributed by atoms with Crippen LogP contribution in [0.25, 0.3) is 0 Å². The maximum Gasteiger partial charge on any atom is 0.391 e. The summed E-state index contributed by atoms with van der Waals surface area (Å²) in [5, 5.41) is 9.20. The fourth-order valence-electron chi connectivity index (χ4n) is 4.46.